The second kappa shape index (κ2) is 4.18. The standard InChI is InChI=1S/C8H16O4/c1-10-8(11-2)4-6-12-5-3-7(8)9/h7,9H,3-6H2,1-2H3. The third-order valence-electron chi connectivity index (χ3n) is 2.33. The predicted octanol–water partition coefficient (Wildman–Crippen LogP) is 0.147. The molecule has 1 N–H and O–H groups in total. The summed E-state index contributed by atoms with van der Waals surface area (Å²) in [6, 6.07) is 0. The first-order valence-corrected chi connectivity index (χ1v) is 4.11. The lowest BCUT2D eigenvalue weighted by molar-refractivity contribution is -0.260. The van der Waals surface area contributed by atoms with Gasteiger partial charge in [-0.25, -0.2) is 0 Å². The Balaban J connectivity index is 2.66. The molecular weight excluding hydrogens is 160 g/mol. The molecule has 0 saturated carbocycles. The molecule has 1 aliphatic rings. The average Bonchev–Trinajstić information content (AvgIpc) is 2.28. The molecule has 72 valence electrons. The molecular formula is C8H16O4. The molecule has 4 nitrogen and oxygen atoms in total. The van der Waals surface area contributed by atoms with E-state index in [1.165, 1.54) is 14.2 Å². The van der Waals surface area contributed by atoms with Crippen LogP contribution in [0.1, 0.15) is 12.8 Å². The summed E-state index contributed by atoms with van der Waals surface area (Å²) in [4.78, 5) is 0. The third-order valence-corrected chi connectivity index (χ3v) is 2.33. The summed E-state index contributed by atoms with van der Waals surface area (Å²) in [5.41, 5.74) is 0. The maximum Gasteiger partial charge on any atom is 0.196 e. The third kappa shape index (κ3) is 1.77. The Labute approximate surface area is 72.4 Å². The van der Waals surface area contributed by atoms with Gasteiger partial charge < -0.3 is 19.3 Å². The van der Waals surface area contributed by atoms with E-state index in [9.17, 15) is 5.11 Å². The number of aliphatic hydroxyl groups excluding tert-OH is 1. The van der Waals surface area contributed by atoms with E-state index in [1.807, 2.05) is 0 Å². The van der Waals surface area contributed by atoms with Crippen LogP contribution in [-0.2, 0) is 14.2 Å². The van der Waals surface area contributed by atoms with Gasteiger partial charge in [0, 0.05) is 33.7 Å². The minimum absolute atomic E-state index is 0.557. The zero-order valence-electron chi connectivity index (χ0n) is 7.58. The molecule has 0 bridgehead atoms. The van der Waals surface area contributed by atoms with Crippen LogP contribution in [0.25, 0.3) is 0 Å². The Kier molecular flexibility index (Phi) is 3.46. The Hall–Kier alpha value is -0.160. The molecule has 1 rings (SSSR count). The van der Waals surface area contributed by atoms with Gasteiger partial charge >= 0.3 is 0 Å². The molecule has 1 aliphatic heterocycles. The van der Waals surface area contributed by atoms with Gasteiger partial charge in [0.15, 0.2) is 5.79 Å². The molecule has 1 heterocycles. The largest absolute Gasteiger partial charge is 0.387 e. The summed E-state index contributed by atoms with van der Waals surface area (Å²) in [5, 5.41) is 9.67. The van der Waals surface area contributed by atoms with Crippen molar-refractivity contribution in [2.24, 2.45) is 0 Å². The van der Waals surface area contributed by atoms with Crippen molar-refractivity contribution in [2.45, 2.75) is 24.7 Å². The number of aliphatic hydroxyl groups is 1. The van der Waals surface area contributed by atoms with Crippen LogP contribution < -0.4 is 0 Å². The van der Waals surface area contributed by atoms with E-state index in [2.05, 4.69) is 0 Å². The van der Waals surface area contributed by atoms with Crippen molar-refractivity contribution < 1.29 is 19.3 Å². The summed E-state index contributed by atoms with van der Waals surface area (Å²) in [6.45, 7) is 1.13. The SMILES string of the molecule is COC1(OC)CCOCCC1O. The van der Waals surface area contributed by atoms with E-state index in [4.69, 9.17) is 14.2 Å². The van der Waals surface area contributed by atoms with Gasteiger partial charge in [0.25, 0.3) is 0 Å². The lowest BCUT2D eigenvalue weighted by atomic mass is 10.1. The molecule has 0 aromatic rings. The van der Waals surface area contributed by atoms with Gasteiger partial charge in [0.2, 0.25) is 0 Å². The topological polar surface area (TPSA) is 47.9 Å². The summed E-state index contributed by atoms with van der Waals surface area (Å²) >= 11 is 0. The van der Waals surface area contributed by atoms with Crippen LogP contribution in [0.5, 0.6) is 0 Å². The summed E-state index contributed by atoms with van der Waals surface area (Å²) in [7, 11) is 3.08. The van der Waals surface area contributed by atoms with Crippen LogP contribution >= 0.6 is 0 Å². The molecule has 0 amide bonds. The fourth-order valence-electron chi connectivity index (χ4n) is 1.46. The van der Waals surface area contributed by atoms with Crippen LogP contribution in [0.3, 0.4) is 0 Å². The van der Waals surface area contributed by atoms with E-state index in [1.54, 1.807) is 0 Å². The zero-order chi connectivity index (χ0) is 9.03. The van der Waals surface area contributed by atoms with E-state index in [0.717, 1.165) is 0 Å². The van der Waals surface area contributed by atoms with Gasteiger partial charge in [-0.15, -0.1) is 0 Å². The quantitative estimate of drug-likeness (QED) is 0.608. The van der Waals surface area contributed by atoms with E-state index >= 15 is 0 Å². The molecule has 0 radical (unpaired) electrons. The predicted molar refractivity (Wildman–Crippen MR) is 42.8 cm³/mol. The first-order valence-electron chi connectivity index (χ1n) is 4.11. The number of hydrogen-bond donors (Lipinski definition) is 1. The van der Waals surface area contributed by atoms with E-state index in [0.29, 0.717) is 26.1 Å². The van der Waals surface area contributed by atoms with Crippen molar-refractivity contribution in [1.29, 1.82) is 0 Å². The molecule has 0 aromatic heterocycles. The fraction of sp³-hybridized carbons (Fsp3) is 1.00. The molecule has 0 aromatic carbocycles. The number of methoxy groups -OCH3 is 2. The van der Waals surface area contributed by atoms with Gasteiger partial charge in [0.05, 0.1) is 6.61 Å². The van der Waals surface area contributed by atoms with Crippen LogP contribution in [0, 0.1) is 0 Å². The monoisotopic (exact) mass is 176 g/mol. The highest BCUT2D eigenvalue weighted by Gasteiger charge is 2.39. The number of hydrogen-bond acceptors (Lipinski definition) is 4. The van der Waals surface area contributed by atoms with Gasteiger partial charge in [-0.1, -0.05) is 0 Å². The molecule has 1 atom stereocenters. The highest BCUT2D eigenvalue weighted by molar-refractivity contribution is 4.80. The van der Waals surface area contributed by atoms with Gasteiger partial charge in [0.1, 0.15) is 6.10 Å². The Morgan fingerprint density at radius 1 is 1.33 bits per heavy atom. The van der Waals surface area contributed by atoms with Crippen LogP contribution in [0.15, 0.2) is 0 Å². The van der Waals surface area contributed by atoms with Gasteiger partial charge in [-0.3, -0.25) is 0 Å². The highest BCUT2D eigenvalue weighted by atomic mass is 16.7. The number of rotatable bonds is 2. The minimum Gasteiger partial charge on any atom is -0.387 e. The van der Waals surface area contributed by atoms with Crippen LogP contribution in [-0.4, -0.2) is 44.4 Å². The lowest BCUT2D eigenvalue weighted by Gasteiger charge is -2.33. The Morgan fingerprint density at radius 2 is 2.00 bits per heavy atom. The summed E-state index contributed by atoms with van der Waals surface area (Å²) in [6.07, 6.45) is 0.526. The van der Waals surface area contributed by atoms with Crippen molar-refractivity contribution >= 4 is 0 Å². The Morgan fingerprint density at radius 3 is 2.58 bits per heavy atom. The second-order valence-corrected chi connectivity index (χ2v) is 2.89. The van der Waals surface area contributed by atoms with Crippen molar-refractivity contribution in [3.05, 3.63) is 0 Å². The smallest absolute Gasteiger partial charge is 0.196 e. The zero-order valence-corrected chi connectivity index (χ0v) is 7.58. The molecule has 4 heteroatoms. The molecule has 1 unspecified atom stereocenters. The Bertz CT molecular complexity index is 133. The second-order valence-electron chi connectivity index (χ2n) is 2.89. The van der Waals surface area contributed by atoms with Crippen molar-refractivity contribution in [3.63, 3.8) is 0 Å². The van der Waals surface area contributed by atoms with Crippen molar-refractivity contribution in [1.82, 2.24) is 0 Å². The molecule has 1 fully saturated rings. The van der Waals surface area contributed by atoms with Crippen molar-refractivity contribution in [3.8, 4) is 0 Å². The average molecular weight is 176 g/mol. The maximum absolute atomic E-state index is 9.67. The molecule has 1 saturated heterocycles. The summed E-state index contributed by atoms with van der Waals surface area (Å²) in [5.74, 6) is -0.865. The first kappa shape index (κ1) is 9.92. The van der Waals surface area contributed by atoms with Crippen LogP contribution in [0.4, 0.5) is 0 Å². The molecule has 12 heavy (non-hydrogen) atoms. The summed E-state index contributed by atoms with van der Waals surface area (Å²) < 4.78 is 15.5. The van der Waals surface area contributed by atoms with E-state index in [-0.39, 0.29) is 0 Å². The fourth-order valence-corrected chi connectivity index (χ4v) is 1.46. The molecule has 0 spiro atoms. The van der Waals surface area contributed by atoms with E-state index < -0.39 is 11.9 Å². The minimum atomic E-state index is -0.865. The number of ether oxygens (including phenoxy) is 3. The maximum atomic E-state index is 9.67. The van der Waals surface area contributed by atoms with Crippen molar-refractivity contribution in [2.75, 3.05) is 27.4 Å². The first-order chi connectivity index (χ1) is 5.75. The normalized spacial score (nSPS) is 29.8. The lowest BCUT2D eigenvalue weighted by Crippen LogP contribution is -2.45. The van der Waals surface area contributed by atoms with Gasteiger partial charge in [-0.05, 0) is 0 Å². The van der Waals surface area contributed by atoms with Gasteiger partial charge in [-0.2, -0.15) is 0 Å². The van der Waals surface area contributed by atoms with Crippen LogP contribution in [0.2, 0.25) is 0 Å². The highest BCUT2D eigenvalue weighted by Crippen LogP contribution is 2.25. The molecule has 0 aliphatic carbocycles.